The molecule has 0 aliphatic carbocycles. The molecule has 0 aromatic heterocycles. The van der Waals surface area contributed by atoms with Gasteiger partial charge in [0.2, 0.25) is 0 Å². The molecule has 0 radical (unpaired) electrons. The molecule has 104 valence electrons. The highest BCUT2D eigenvalue weighted by atomic mass is 79.9. The van der Waals surface area contributed by atoms with Crippen molar-refractivity contribution in [2.24, 2.45) is 0 Å². The molecule has 1 heterocycles. The molecule has 0 amide bonds. The molecule has 1 N–H and O–H groups in total. The fraction of sp³-hybridized carbons (Fsp3) is 0.200. The Hall–Kier alpha value is -0.740. The monoisotopic (exact) mass is 372 g/mol. The van der Waals surface area contributed by atoms with Gasteiger partial charge in [0.25, 0.3) is 0 Å². The largest absolute Gasteiger partial charge is 0.485 e. The van der Waals surface area contributed by atoms with Crippen molar-refractivity contribution in [2.75, 3.05) is 0 Å². The maximum absolute atomic E-state index is 10.3. The second-order valence-corrected chi connectivity index (χ2v) is 6.43. The summed E-state index contributed by atoms with van der Waals surface area (Å²) < 4.78 is 6.89. The zero-order valence-electron chi connectivity index (χ0n) is 10.3. The van der Waals surface area contributed by atoms with E-state index in [2.05, 4.69) is 15.9 Å². The third-order valence-electron chi connectivity index (χ3n) is 3.34. The molecule has 0 fully saturated rings. The number of hydrogen-bond donors (Lipinski definition) is 1. The van der Waals surface area contributed by atoms with Crippen molar-refractivity contribution in [1.82, 2.24) is 0 Å². The Bertz CT molecular complexity index is 660. The lowest BCUT2D eigenvalue weighted by molar-refractivity contribution is 0.0654. The van der Waals surface area contributed by atoms with Crippen molar-refractivity contribution in [3.63, 3.8) is 0 Å². The summed E-state index contributed by atoms with van der Waals surface area (Å²) >= 11 is 15.5. The van der Waals surface area contributed by atoms with Gasteiger partial charge < -0.3 is 9.84 Å². The smallest absolute Gasteiger partial charge is 0.128 e. The first-order valence-corrected chi connectivity index (χ1v) is 7.68. The zero-order chi connectivity index (χ0) is 14.3. The van der Waals surface area contributed by atoms with Crippen LogP contribution in [-0.2, 0) is 0 Å². The summed E-state index contributed by atoms with van der Waals surface area (Å²) in [5.74, 6) is 0.657. The van der Waals surface area contributed by atoms with Crippen LogP contribution in [0.4, 0.5) is 0 Å². The highest BCUT2D eigenvalue weighted by Gasteiger charge is 2.29. The Kier molecular flexibility index (Phi) is 3.95. The summed E-state index contributed by atoms with van der Waals surface area (Å²) in [6.45, 7) is 0. The van der Waals surface area contributed by atoms with E-state index in [1.54, 1.807) is 18.2 Å². The normalized spacial score (nSPS) is 21.2. The first-order chi connectivity index (χ1) is 9.54. The number of aliphatic hydroxyl groups excluding tert-OH is 1. The number of halogens is 3. The number of ether oxygens (including phenoxy) is 1. The topological polar surface area (TPSA) is 29.5 Å². The fourth-order valence-corrected chi connectivity index (χ4v) is 3.23. The summed E-state index contributed by atoms with van der Waals surface area (Å²) in [7, 11) is 0. The summed E-state index contributed by atoms with van der Waals surface area (Å²) in [6, 6.07) is 10.8. The summed E-state index contributed by atoms with van der Waals surface area (Å²) in [4.78, 5) is 0. The molecule has 2 aromatic rings. The second-order valence-electron chi connectivity index (χ2n) is 4.71. The van der Waals surface area contributed by atoms with Crippen LogP contribution in [-0.4, -0.2) is 5.11 Å². The summed E-state index contributed by atoms with van der Waals surface area (Å²) in [5.41, 5.74) is 1.66. The average molecular weight is 374 g/mol. The van der Waals surface area contributed by atoms with E-state index in [0.29, 0.717) is 22.2 Å². The predicted octanol–water partition coefficient (Wildman–Crippen LogP) is 5.31. The van der Waals surface area contributed by atoms with Gasteiger partial charge in [-0.15, -0.1) is 0 Å². The molecule has 20 heavy (non-hydrogen) atoms. The standard InChI is InChI=1S/C15H11BrCl2O2/c16-12-3-1-8(17)5-10(12)15-7-13(19)11-6-9(18)2-4-14(11)20-15/h1-6,13,15,19H,7H2. The van der Waals surface area contributed by atoms with Gasteiger partial charge in [0.1, 0.15) is 11.9 Å². The lowest BCUT2D eigenvalue weighted by Crippen LogP contribution is -2.19. The van der Waals surface area contributed by atoms with Gasteiger partial charge >= 0.3 is 0 Å². The maximum Gasteiger partial charge on any atom is 0.128 e. The van der Waals surface area contributed by atoms with E-state index in [1.807, 2.05) is 18.2 Å². The van der Waals surface area contributed by atoms with Crippen molar-refractivity contribution in [3.05, 3.63) is 62.0 Å². The Balaban J connectivity index is 1.99. The quantitative estimate of drug-likeness (QED) is 0.733. The van der Waals surface area contributed by atoms with Crippen molar-refractivity contribution in [1.29, 1.82) is 0 Å². The third kappa shape index (κ3) is 2.68. The van der Waals surface area contributed by atoms with E-state index in [-0.39, 0.29) is 6.10 Å². The molecule has 2 unspecified atom stereocenters. The fourth-order valence-electron chi connectivity index (χ4n) is 2.37. The van der Waals surface area contributed by atoms with Gasteiger partial charge in [0.15, 0.2) is 0 Å². The van der Waals surface area contributed by atoms with Crippen LogP contribution in [0, 0.1) is 0 Å². The van der Waals surface area contributed by atoms with E-state index in [9.17, 15) is 5.11 Å². The van der Waals surface area contributed by atoms with Crippen LogP contribution >= 0.6 is 39.1 Å². The molecule has 5 heteroatoms. The SMILES string of the molecule is OC1CC(c2cc(Cl)ccc2Br)Oc2ccc(Cl)cc21. The molecular formula is C15H11BrCl2O2. The number of benzene rings is 2. The van der Waals surface area contributed by atoms with Crippen LogP contribution in [0.15, 0.2) is 40.9 Å². The van der Waals surface area contributed by atoms with Gasteiger partial charge in [-0.2, -0.15) is 0 Å². The Morgan fingerprint density at radius 1 is 1.05 bits per heavy atom. The number of fused-ring (bicyclic) bond motifs is 1. The van der Waals surface area contributed by atoms with Crippen molar-refractivity contribution < 1.29 is 9.84 Å². The van der Waals surface area contributed by atoms with Gasteiger partial charge in [-0.1, -0.05) is 39.1 Å². The van der Waals surface area contributed by atoms with Crippen molar-refractivity contribution in [2.45, 2.75) is 18.6 Å². The Morgan fingerprint density at radius 3 is 2.45 bits per heavy atom. The molecule has 0 saturated carbocycles. The minimum absolute atomic E-state index is 0.244. The first kappa shape index (κ1) is 14.2. The predicted molar refractivity (Wildman–Crippen MR) is 83.5 cm³/mol. The van der Waals surface area contributed by atoms with Crippen molar-refractivity contribution >= 4 is 39.1 Å². The van der Waals surface area contributed by atoms with E-state index in [1.165, 1.54) is 0 Å². The molecule has 2 atom stereocenters. The Morgan fingerprint density at radius 2 is 1.70 bits per heavy atom. The van der Waals surface area contributed by atoms with E-state index in [0.717, 1.165) is 15.6 Å². The van der Waals surface area contributed by atoms with Gasteiger partial charge in [0, 0.05) is 32.1 Å². The van der Waals surface area contributed by atoms with Crippen LogP contribution in [0.25, 0.3) is 0 Å². The van der Waals surface area contributed by atoms with Crippen LogP contribution < -0.4 is 4.74 Å². The van der Waals surface area contributed by atoms with Crippen LogP contribution in [0.3, 0.4) is 0 Å². The lowest BCUT2D eigenvalue weighted by Gasteiger charge is -2.30. The minimum Gasteiger partial charge on any atom is -0.485 e. The molecule has 0 bridgehead atoms. The maximum atomic E-state index is 10.3. The zero-order valence-corrected chi connectivity index (χ0v) is 13.4. The molecule has 2 aromatic carbocycles. The molecule has 0 saturated heterocycles. The van der Waals surface area contributed by atoms with Gasteiger partial charge in [-0.05, 0) is 36.4 Å². The minimum atomic E-state index is -0.603. The highest BCUT2D eigenvalue weighted by molar-refractivity contribution is 9.10. The van der Waals surface area contributed by atoms with Gasteiger partial charge in [-0.3, -0.25) is 0 Å². The molecule has 1 aliphatic heterocycles. The number of hydrogen-bond acceptors (Lipinski definition) is 2. The van der Waals surface area contributed by atoms with Gasteiger partial charge in [-0.25, -0.2) is 0 Å². The lowest BCUT2D eigenvalue weighted by atomic mass is 9.95. The summed E-state index contributed by atoms with van der Waals surface area (Å²) in [5, 5.41) is 11.5. The van der Waals surface area contributed by atoms with E-state index in [4.69, 9.17) is 27.9 Å². The van der Waals surface area contributed by atoms with E-state index < -0.39 is 6.10 Å². The van der Waals surface area contributed by atoms with Crippen LogP contribution in [0.5, 0.6) is 5.75 Å². The number of rotatable bonds is 1. The molecule has 3 rings (SSSR count). The second kappa shape index (κ2) is 5.57. The first-order valence-electron chi connectivity index (χ1n) is 6.13. The van der Waals surface area contributed by atoms with Crippen LogP contribution in [0.1, 0.15) is 29.8 Å². The average Bonchev–Trinajstić information content (AvgIpc) is 2.42. The summed E-state index contributed by atoms with van der Waals surface area (Å²) in [6.07, 6.45) is -0.383. The molecule has 2 nitrogen and oxygen atoms in total. The molecule has 0 spiro atoms. The number of aliphatic hydroxyl groups is 1. The van der Waals surface area contributed by atoms with E-state index >= 15 is 0 Å². The Labute approximate surface area is 135 Å². The van der Waals surface area contributed by atoms with Crippen molar-refractivity contribution in [3.8, 4) is 5.75 Å². The third-order valence-corrected chi connectivity index (χ3v) is 4.53. The van der Waals surface area contributed by atoms with Crippen LogP contribution in [0.2, 0.25) is 10.0 Å². The highest BCUT2D eigenvalue weighted by Crippen LogP contribution is 2.43. The molecule has 1 aliphatic rings. The molecular weight excluding hydrogens is 363 g/mol. The van der Waals surface area contributed by atoms with Gasteiger partial charge in [0.05, 0.1) is 6.10 Å².